The van der Waals surface area contributed by atoms with Crippen LogP contribution in [0.1, 0.15) is 19.3 Å². The minimum absolute atomic E-state index is 0.193. The minimum atomic E-state index is 0.193. The number of anilines is 1. The van der Waals surface area contributed by atoms with E-state index < -0.39 is 0 Å². The Morgan fingerprint density at radius 1 is 1.40 bits per heavy atom. The van der Waals surface area contributed by atoms with Crippen molar-refractivity contribution in [1.82, 2.24) is 4.98 Å². The van der Waals surface area contributed by atoms with Gasteiger partial charge in [0.15, 0.2) is 0 Å². The molecule has 1 aromatic carbocycles. The number of phenolic OH excluding ortho intramolecular Hbond substituents is 1. The van der Waals surface area contributed by atoms with Crippen molar-refractivity contribution in [3.05, 3.63) is 30.5 Å². The molecule has 0 atom stereocenters. The van der Waals surface area contributed by atoms with Crippen molar-refractivity contribution in [2.24, 2.45) is 5.73 Å². The number of pyridine rings is 1. The van der Waals surface area contributed by atoms with E-state index >= 15 is 0 Å². The third-order valence-electron chi connectivity index (χ3n) is 3.61. The van der Waals surface area contributed by atoms with Crippen LogP contribution < -0.4 is 10.6 Å². The summed E-state index contributed by atoms with van der Waals surface area (Å²) in [6.07, 6.45) is 4.62. The summed E-state index contributed by atoms with van der Waals surface area (Å²) >= 11 is 0. The number of aromatic nitrogens is 1. The van der Waals surface area contributed by atoms with Gasteiger partial charge in [0.05, 0.1) is 5.84 Å². The summed E-state index contributed by atoms with van der Waals surface area (Å²) in [5, 5.41) is 19.1. The van der Waals surface area contributed by atoms with Crippen molar-refractivity contribution < 1.29 is 5.11 Å². The van der Waals surface area contributed by atoms with Gasteiger partial charge in [-0.2, -0.15) is 0 Å². The van der Waals surface area contributed by atoms with Crippen molar-refractivity contribution in [3.63, 3.8) is 0 Å². The zero-order valence-electron chi connectivity index (χ0n) is 11.2. The van der Waals surface area contributed by atoms with Crippen LogP contribution in [0, 0.1) is 5.41 Å². The maximum absolute atomic E-state index is 9.71. The molecule has 0 unspecified atom stereocenters. The molecule has 1 fully saturated rings. The van der Waals surface area contributed by atoms with Crippen LogP contribution in [-0.2, 0) is 0 Å². The van der Waals surface area contributed by atoms with Crippen molar-refractivity contribution >= 4 is 22.4 Å². The number of hydrogen-bond donors (Lipinski definition) is 3. The highest BCUT2D eigenvalue weighted by Crippen LogP contribution is 2.35. The molecule has 0 saturated heterocycles. The summed E-state index contributed by atoms with van der Waals surface area (Å²) in [6.45, 7) is 0.696. The molecular formula is C15H18N4O. The Morgan fingerprint density at radius 2 is 2.20 bits per heavy atom. The smallest absolute Gasteiger partial charge is 0.136 e. The molecule has 3 rings (SSSR count). The molecule has 104 valence electrons. The van der Waals surface area contributed by atoms with Crippen molar-refractivity contribution in [2.75, 3.05) is 11.4 Å². The Bertz CT molecular complexity index is 651. The SMILES string of the molecule is N=C(N)CCN(c1nccc2ccc(O)cc12)C1CC1. The van der Waals surface area contributed by atoms with Gasteiger partial charge in [-0.3, -0.25) is 5.41 Å². The molecule has 0 bridgehead atoms. The third kappa shape index (κ3) is 2.52. The number of aromatic hydroxyl groups is 1. The maximum Gasteiger partial charge on any atom is 0.136 e. The van der Waals surface area contributed by atoms with Crippen LogP contribution in [0.4, 0.5) is 5.82 Å². The van der Waals surface area contributed by atoms with Gasteiger partial charge in [0, 0.05) is 30.6 Å². The van der Waals surface area contributed by atoms with Gasteiger partial charge in [-0.1, -0.05) is 6.07 Å². The van der Waals surface area contributed by atoms with Crippen LogP contribution in [-0.4, -0.2) is 28.5 Å². The first-order valence-electron chi connectivity index (χ1n) is 6.82. The van der Waals surface area contributed by atoms with E-state index in [9.17, 15) is 5.11 Å². The van der Waals surface area contributed by atoms with E-state index in [1.807, 2.05) is 12.1 Å². The van der Waals surface area contributed by atoms with E-state index in [4.69, 9.17) is 11.1 Å². The molecule has 1 saturated carbocycles. The van der Waals surface area contributed by atoms with E-state index in [-0.39, 0.29) is 11.6 Å². The normalized spacial score (nSPS) is 14.4. The third-order valence-corrected chi connectivity index (χ3v) is 3.61. The Kier molecular flexibility index (Phi) is 3.18. The number of nitrogens with one attached hydrogen (secondary N) is 1. The predicted molar refractivity (Wildman–Crippen MR) is 80.3 cm³/mol. The second-order valence-electron chi connectivity index (χ2n) is 5.24. The highest BCUT2D eigenvalue weighted by molar-refractivity contribution is 5.93. The molecule has 0 amide bonds. The summed E-state index contributed by atoms with van der Waals surface area (Å²) in [4.78, 5) is 6.70. The highest BCUT2D eigenvalue weighted by Gasteiger charge is 2.30. The van der Waals surface area contributed by atoms with Gasteiger partial charge in [0.25, 0.3) is 0 Å². The van der Waals surface area contributed by atoms with Crippen molar-refractivity contribution in [1.29, 1.82) is 5.41 Å². The Labute approximate surface area is 117 Å². The highest BCUT2D eigenvalue weighted by atomic mass is 16.3. The van der Waals surface area contributed by atoms with Gasteiger partial charge in [-0.15, -0.1) is 0 Å². The van der Waals surface area contributed by atoms with Crippen LogP contribution in [0.15, 0.2) is 30.5 Å². The molecule has 5 nitrogen and oxygen atoms in total. The van der Waals surface area contributed by atoms with Gasteiger partial charge in [-0.05, 0) is 36.4 Å². The quantitative estimate of drug-likeness (QED) is 0.574. The number of amidine groups is 1. The topological polar surface area (TPSA) is 86.2 Å². The molecule has 2 aromatic rings. The summed E-state index contributed by atoms with van der Waals surface area (Å²) in [7, 11) is 0. The largest absolute Gasteiger partial charge is 0.508 e. The summed E-state index contributed by atoms with van der Waals surface area (Å²) in [5.41, 5.74) is 5.47. The second kappa shape index (κ2) is 5.00. The van der Waals surface area contributed by atoms with Crippen LogP contribution >= 0.6 is 0 Å². The Morgan fingerprint density at radius 3 is 2.90 bits per heavy atom. The molecule has 1 aromatic heterocycles. The first-order chi connectivity index (χ1) is 9.65. The molecular weight excluding hydrogens is 252 g/mol. The zero-order chi connectivity index (χ0) is 14.1. The number of phenols is 1. The standard InChI is InChI=1S/C15H18N4O/c16-14(17)6-8-19(11-2-3-11)15-13-9-12(20)4-1-10(13)5-7-18-15/h1,4-5,7,9,11,20H,2-3,6,8H2,(H3,16,17). The first-order valence-corrected chi connectivity index (χ1v) is 6.82. The average molecular weight is 270 g/mol. The molecule has 1 aliphatic carbocycles. The van der Waals surface area contributed by atoms with Gasteiger partial charge < -0.3 is 15.7 Å². The Balaban J connectivity index is 2.01. The Hall–Kier alpha value is -2.30. The number of rotatable bonds is 5. The fourth-order valence-corrected chi connectivity index (χ4v) is 2.46. The minimum Gasteiger partial charge on any atom is -0.508 e. The van der Waals surface area contributed by atoms with Crippen LogP contribution in [0.2, 0.25) is 0 Å². The lowest BCUT2D eigenvalue weighted by Crippen LogP contribution is -2.30. The fraction of sp³-hybridized carbons (Fsp3) is 0.333. The summed E-state index contributed by atoms with van der Waals surface area (Å²) < 4.78 is 0. The van der Waals surface area contributed by atoms with E-state index in [2.05, 4.69) is 9.88 Å². The monoisotopic (exact) mass is 270 g/mol. The van der Waals surface area contributed by atoms with E-state index in [1.165, 1.54) is 0 Å². The van der Waals surface area contributed by atoms with E-state index in [0.717, 1.165) is 29.4 Å². The summed E-state index contributed by atoms with van der Waals surface area (Å²) in [6, 6.07) is 7.75. The number of hydrogen-bond acceptors (Lipinski definition) is 4. The number of benzene rings is 1. The number of nitrogens with zero attached hydrogens (tertiary/aromatic N) is 2. The van der Waals surface area contributed by atoms with Gasteiger partial charge >= 0.3 is 0 Å². The molecule has 1 heterocycles. The van der Waals surface area contributed by atoms with Crippen molar-refractivity contribution in [3.8, 4) is 5.75 Å². The van der Waals surface area contributed by atoms with Gasteiger partial charge in [-0.25, -0.2) is 4.98 Å². The van der Waals surface area contributed by atoms with Crippen LogP contribution in [0.25, 0.3) is 10.8 Å². The van der Waals surface area contributed by atoms with Crippen LogP contribution in [0.3, 0.4) is 0 Å². The van der Waals surface area contributed by atoms with Crippen LogP contribution in [0.5, 0.6) is 5.75 Å². The molecule has 1 aliphatic rings. The second-order valence-corrected chi connectivity index (χ2v) is 5.24. The number of nitrogens with two attached hydrogens (primary N) is 1. The van der Waals surface area contributed by atoms with Gasteiger partial charge in [0.2, 0.25) is 0 Å². The lowest BCUT2D eigenvalue weighted by Gasteiger charge is -2.24. The van der Waals surface area contributed by atoms with Gasteiger partial charge in [0.1, 0.15) is 11.6 Å². The van der Waals surface area contributed by atoms with Crippen molar-refractivity contribution in [2.45, 2.75) is 25.3 Å². The number of fused-ring (bicyclic) bond motifs is 1. The maximum atomic E-state index is 9.71. The van der Waals surface area contributed by atoms with E-state index in [1.54, 1.807) is 18.3 Å². The predicted octanol–water partition coefficient (Wildman–Crippen LogP) is 2.24. The molecule has 4 N–H and O–H groups in total. The molecule has 0 radical (unpaired) electrons. The zero-order valence-corrected chi connectivity index (χ0v) is 11.2. The lowest BCUT2D eigenvalue weighted by molar-refractivity contribution is 0.476. The summed E-state index contributed by atoms with van der Waals surface area (Å²) in [5.74, 6) is 1.31. The average Bonchev–Trinajstić information content (AvgIpc) is 3.23. The molecule has 20 heavy (non-hydrogen) atoms. The fourth-order valence-electron chi connectivity index (χ4n) is 2.46. The molecule has 0 aliphatic heterocycles. The molecule has 5 heteroatoms. The first kappa shape index (κ1) is 12.7. The van der Waals surface area contributed by atoms with E-state index in [0.29, 0.717) is 19.0 Å². The molecule has 0 spiro atoms. The lowest BCUT2D eigenvalue weighted by atomic mass is 10.1.